The van der Waals surface area contributed by atoms with Crippen LogP contribution in [0.1, 0.15) is 90.1 Å². The Morgan fingerprint density at radius 1 is 0.983 bits per heavy atom. The Morgan fingerprint density at radius 2 is 1.78 bits per heavy atom. The molecule has 14 heteroatoms. The Balaban J connectivity index is 1.05. The number of nitrogens with zero attached hydrogens (tertiary/aromatic N) is 4. The molecule has 0 saturated carbocycles. The Bertz CT molecular complexity index is 2400. The fourth-order valence-electron chi connectivity index (χ4n) is 8.94. The molecule has 3 amide bonds. The van der Waals surface area contributed by atoms with Crippen LogP contribution in [0.2, 0.25) is 0 Å². The molecule has 5 aromatic rings. The third kappa shape index (κ3) is 7.82. The van der Waals surface area contributed by atoms with Gasteiger partial charge in [-0.05, 0) is 91.8 Å². The number of ether oxygens (including phenoxy) is 4. The van der Waals surface area contributed by atoms with Gasteiger partial charge < -0.3 is 39.1 Å². The van der Waals surface area contributed by atoms with E-state index < -0.39 is 17.7 Å². The minimum absolute atomic E-state index is 0.0690. The van der Waals surface area contributed by atoms with Crippen molar-refractivity contribution in [1.82, 2.24) is 35.1 Å². The smallest absolute Gasteiger partial charge is 0.410 e. The highest BCUT2D eigenvalue weighted by molar-refractivity contribution is 6.07. The first-order valence-corrected chi connectivity index (χ1v) is 20.7. The van der Waals surface area contributed by atoms with Crippen molar-refractivity contribution >= 4 is 39.9 Å². The molecule has 2 fully saturated rings. The van der Waals surface area contributed by atoms with Gasteiger partial charge in [-0.15, -0.1) is 0 Å². The van der Waals surface area contributed by atoms with E-state index in [1.165, 1.54) is 7.11 Å². The first-order chi connectivity index (χ1) is 28.2. The van der Waals surface area contributed by atoms with E-state index in [9.17, 15) is 14.4 Å². The van der Waals surface area contributed by atoms with Gasteiger partial charge in [0.15, 0.2) is 0 Å². The molecule has 6 atom stereocenters. The summed E-state index contributed by atoms with van der Waals surface area (Å²) in [6, 6.07) is 13.5. The lowest BCUT2D eigenvalue weighted by molar-refractivity contribution is -0.135. The van der Waals surface area contributed by atoms with Crippen LogP contribution in [0, 0.1) is 17.8 Å². The first-order valence-electron chi connectivity index (χ1n) is 20.7. The van der Waals surface area contributed by atoms with Crippen LogP contribution in [0.4, 0.5) is 9.59 Å². The molecule has 8 rings (SSSR count). The summed E-state index contributed by atoms with van der Waals surface area (Å²) in [5, 5.41) is 4.77. The molecular formula is C45H55N7O7. The summed E-state index contributed by atoms with van der Waals surface area (Å²) in [7, 11) is 2.99. The average molecular weight is 806 g/mol. The maximum absolute atomic E-state index is 13.9. The number of methoxy groups -OCH3 is 2. The predicted molar refractivity (Wildman–Crippen MR) is 224 cm³/mol. The van der Waals surface area contributed by atoms with Crippen LogP contribution in [-0.4, -0.2) is 93.4 Å². The van der Waals surface area contributed by atoms with Crippen LogP contribution in [0.15, 0.2) is 48.7 Å². The number of nitrogens with one attached hydrogen (secondary N) is 3. The van der Waals surface area contributed by atoms with Gasteiger partial charge in [-0.3, -0.25) is 9.69 Å². The molecule has 312 valence electrons. The molecule has 0 bridgehead atoms. The number of benzene rings is 3. The zero-order valence-corrected chi connectivity index (χ0v) is 35.2. The third-order valence-electron chi connectivity index (χ3n) is 12.1. The van der Waals surface area contributed by atoms with E-state index in [1.807, 2.05) is 51.8 Å². The number of imidazole rings is 2. The Morgan fingerprint density at radius 3 is 2.53 bits per heavy atom. The lowest BCUT2D eigenvalue weighted by atomic mass is 9.92. The van der Waals surface area contributed by atoms with Gasteiger partial charge in [0, 0.05) is 37.1 Å². The van der Waals surface area contributed by atoms with Crippen LogP contribution >= 0.6 is 0 Å². The lowest BCUT2D eigenvalue weighted by Gasteiger charge is -2.30. The van der Waals surface area contributed by atoms with Gasteiger partial charge in [-0.1, -0.05) is 45.4 Å². The Hall–Kier alpha value is -5.63. The largest absolute Gasteiger partial charge is 0.488 e. The number of fused-ring (bicyclic) bond motifs is 6. The number of carbonyl (C=O) groups excluding carboxylic acids is 3. The lowest BCUT2D eigenvalue weighted by Crippen LogP contribution is -2.51. The zero-order chi connectivity index (χ0) is 41.7. The van der Waals surface area contributed by atoms with Crippen LogP contribution in [-0.2, 0) is 25.6 Å². The van der Waals surface area contributed by atoms with Crippen molar-refractivity contribution in [3.8, 4) is 28.1 Å². The summed E-state index contributed by atoms with van der Waals surface area (Å²) in [4.78, 5) is 60.0. The molecule has 3 aromatic carbocycles. The molecular weight excluding hydrogens is 751 g/mol. The van der Waals surface area contributed by atoms with Crippen molar-refractivity contribution in [2.24, 2.45) is 17.8 Å². The van der Waals surface area contributed by atoms with Gasteiger partial charge in [0.2, 0.25) is 5.91 Å². The second-order valence-corrected chi connectivity index (χ2v) is 17.5. The van der Waals surface area contributed by atoms with E-state index in [0.29, 0.717) is 26.3 Å². The van der Waals surface area contributed by atoms with Gasteiger partial charge in [-0.2, -0.15) is 0 Å². The number of amides is 3. The maximum atomic E-state index is 13.9. The average Bonchev–Trinajstić information content (AvgIpc) is 4.03. The maximum Gasteiger partial charge on any atom is 0.410 e. The van der Waals surface area contributed by atoms with Crippen molar-refractivity contribution in [3.63, 3.8) is 0 Å². The topological polar surface area (TPSA) is 164 Å². The summed E-state index contributed by atoms with van der Waals surface area (Å²) < 4.78 is 22.5. The van der Waals surface area contributed by atoms with E-state index in [0.717, 1.165) is 86.4 Å². The molecule has 2 unspecified atom stereocenters. The summed E-state index contributed by atoms with van der Waals surface area (Å²) in [6.45, 7) is 13.8. The molecule has 59 heavy (non-hydrogen) atoms. The second kappa shape index (κ2) is 15.9. The zero-order valence-electron chi connectivity index (χ0n) is 35.2. The standard InChI is InChI=1S/C45H55N7O7/c1-9-25(3)38(50-43(54)57-8)42(53)51-20-24(2)14-35(51)40-46-19-34(48-40)28-10-12-30-29(16-28)23-58-37-18-31-27(17-32(30)37)11-13-33-39(31)49-41(47-33)36-15-26(22-56-7)21-52(36)44(55)59-45(4,5)6/h10-13,16-19,24-26,35-36,38H,9,14-15,20-23H2,1-8H3,(H,46,48)(H,47,49)(H,50,54)/t24-,25?,26?,35-,36-,38+/m0/s1. The number of likely N-dealkylation sites (tertiary alicyclic amines) is 2. The fraction of sp³-hybridized carbons (Fsp3) is 0.489. The number of hydrogen-bond donors (Lipinski definition) is 3. The number of rotatable bonds is 9. The van der Waals surface area contributed by atoms with Crippen LogP contribution in [0.25, 0.3) is 44.2 Å². The molecule has 0 aliphatic carbocycles. The number of aromatic nitrogens is 4. The molecule has 5 heterocycles. The van der Waals surface area contributed by atoms with Crippen molar-refractivity contribution in [1.29, 1.82) is 0 Å². The van der Waals surface area contributed by atoms with Gasteiger partial charge in [0.25, 0.3) is 0 Å². The highest BCUT2D eigenvalue weighted by Crippen LogP contribution is 2.44. The molecule has 3 aliphatic heterocycles. The van der Waals surface area contributed by atoms with Crippen molar-refractivity contribution < 1.29 is 33.3 Å². The molecule has 3 aliphatic rings. The SMILES string of the molecule is CCC(C)[C@@H](NC(=O)OC)C(=O)N1C[C@@H](C)C[C@H]1c1ncc(-c2ccc3c(c2)COc2cc4c(ccc5[nH]c([C@@H]6CC(COC)CN6C(=O)OC(C)(C)C)nc54)cc2-3)[nH]1. The molecule has 14 nitrogen and oxygen atoms in total. The van der Waals surface area contributed by atoms with E-state index in [2.05, 4.69) is 58.6 Å². The molecule has 3 N–H and O–H groups in total. The summed E-state index contributed by atoms with van der Waals surface area (Å²) in [5.74, 6) is 2.47. The quantitative estimate of drug-likeness (QED) is 0.133. The van der Waals surface area contributed by atoms with Crippen LogP contribution in [0.5, 0.6) is 5.75 Å². The van der Waals surface area contributed by atoms with Gasteiger partial charge >= 0.3 is 12.2 Å². The fourth-order valence-corrected chi connectivity index (χ4v) is 8.94. The molecule has 0 radical (unpaired) electrons. The number of alkyl carbamates (subject to hydrolysis) is 1. The monoisotopic (exact) mass is 805 g/mol. The number of hydrogen-bond acceptors (Lipinski definition) is 9. The first kappa shape index (κ1) is 40.2. The van der Waals surface area contributed by atoms with Crippen molar-refractivity contribution in [2.45, 2.75) is 91.1 Å². The summed E-state index contributed by atoms with van der Waals surface area (Å²) >= 11 is 0. The van der Waals surface area contributed by atoms with E-state index in [1.54, 1.807) is 12.0 Å². The third-order valence-corrected chi connectivity index (χ3v) is 12.1. The minimum Gasteiger partial charge on any atom is -0.488 e. The van der Waals surface area contributed by atoms with Crippen molar-refractivity contribution in [3.05, 3.63) is 65.9 Å². The normalized spacial score (nSPS) is 21.2. The van der Waals surface area contributed by atoms with E-state index in [-0.39, 0.29) is 41.8 Å². The van der Waals surface area contributed by atoms with Crippen LogP contribution in [0.3, 0.4) is 0 Å². The molecule has 2 saturated heterocycles. The summed E-state index contributed by atoms with van der Waals surface area (Å²) in [5.41, 5.74) is 6.07. The summed E-state index contributed by atoms with van der Waals surface area (Å²) in [6.07, 6.45) is 3.06. The van der Waals surface area contributed by atoms with Gasteiger partial charge in [0.05, 0.1) is 48.7 Å². The highest BCUT2D eigenvalue weighted by Gasteiger charge is 2.42. The highest BCUT2D eigenvalue weighted by atomic mass is 16.6. The van der Waals surface area contributed by atoms with Gasteiger partial charge in [0.1, 0.15) is 35.6 Å². The van der Waals surface area contributed by atoms with Gasteiger partial charge in [-0.25, -0.2) is 19.6 Å². The number of carbonyl (C=O) groups is 3. The van der Waals surface area contributed by atoms with Crippen LogP contribution < -0.4 is 10.1 Å². The predicted octanol–water partition coefficient (Wildman–Crippen LogP) is 8.29. The Kier molecular flexibility index (Phi) is 10.8. The van der Waals surface area contributed by atoms with E-state index in [4.69, 9.17) is 28.9 Å². The number of H-pyrrole nitrogens is 2. The molecule has 0 spiro atoms. The molecule has 2 aromatic heterocycles. The Labute approximate surface area is 344 Å². The van der Waals surface area contributed by atoms with Crippen molar-refractivity contribution in [2.75, 3.05) is 33.9 Å². The minimum atomic E-state index is -0.693. The van der Waals surface area contributed by atoms with E-state index >= 15 is 0 Å². The second-order valence-electron chi connectivity index (χ2n) is 17.5. The number of aromatic amines is 2.